The molecule has 0 saturated heterocycles. The molecule has 174 valence electrons. The number of aromatic amines is 1. The molecule has 0 bridgehead atoms. The number of hydrogen-bond donors (Lipinski definition) is 2. The van der Waals surface area contributed by atoms with Crippen LogP contribution in [-0.4, -0.2) is 29.2 Å². The van der Waals surface area contributed by atoms with Crippen molar-refractivity contribution >= 4 is 11.4 Å². The highest BCUT2D eigenvalue weighted by atomic mass is 19.4. The summed E-state index contributed by atoms with van der Waals surface area (Å²) in [6.07, 6.45) is -5.87. The maximum Gasteiger partial charge on any atom is 0.416 e. The van der Waals surface area contributed by atoms with Gasteiger partial charge in [-0.3, -0.25) is 5.10 Å². The summed E-state index contributed by atoms with van der Waals surface area (Å²) in [6.45, 7) is 0. The first-order chi connectivity index (χ1) is 15.3. The number of aromatic nitrogens is 2. The van der Waals surface area contributed by atoms with Gasteiger partial charge in [-0.25, -0.2) is 0 Å². The van der Waals surface area contributed by atoms with E-state index in [9.17, 15) is 26.3 Å². The molecule has 0 amide bonds. The van der Waals surface area contributed by atoms with E-state index in [1.165, 1.54) is 30.6 Å². The summed E-state index contributed by atoms with van der Waals surface area (Å²) in [4.78, 5) is 1.61. The first-order valence-corrected chi connectivity index (χ1v) is 9.25. The molecule has 0 spiro atoms. The molecule has 1 heterocycles. The highest BCUT2D eigenvalue weighted by Gasteiger charge is 2.31. The molecule has 3 aromatic rings. The Labute approximate surface area is 185 Å². The number of benzene rings is 2. The minimum absolute atomic E-state index is 0.195. The van der Waals surface area contributed by atoms with Crippen molar-refractivity contribution in [3.05, 3.63) is 77.6 Å². The second-order valence-corrected chi connectivity index (χ2v) is 6.97. The van der Waals surface area contributed by atoms with Crippen LogP contribution in [0.15, 0.2) is 60.9 Å². The number of H-pyrrole nitrogens is 1. The SMILES string of the molecule is CN(C)/C=C(\C#N)c1cccc(C(F)(F)F)c1.Nc1[nH]ncc1-c1cccc(C(F)(F)F)c1. The average Bonchev–Trinajstić information content (AvgIpc) is 3.17. The fourth-order valence-corrected chi connectivity index (χ4v) is 2.68. The van der Waals surface area contributed by atoms with Crippen LogP contribution < -0.4 is 5.73 Å². The van der Waals surface area contributed by atoms with Crippen molar-refractivity contribution < 1.29 is 26.3 Å². The zero-order valence-electron chi connectivity index (χ0n) is 17.5. The summed E-state index contributed by atoms with van der Waals surface area (Å²) in [6, 6.07) is 11.5. The molecule has 0 saturated carbocycles. The van der Waals surface area contributed by atoms with Gasteiger partial charge in [0.1, 0.15) is 11.9 Å². The minimum atomic E-state index is -4.39. The van der Waals surface area contributed by atoms with Gasteiger partial charge < -0.3 is 10.6 Å². The highest BCUT2D eigenvalue weighted by molar-refractivity contribution is 5.76. The van der Waals surface area contributed by atoms with Gasteiger partial charge in [0, 0.05) is 25.9 Å². The molecule has 0 radical (unpaired) electrons. The number of halogens is 6. The Balaban J connectivity index is 0.000000234. The maximum atomic E-state index is 12.5. The van der Waals surface area contributed by atoms with E-state index < -0.39 is 23.5 Å². The third-order valence-corrected chi connectivity index (χ3v) is 4.18. The van der Waals surface area contributed by atoms with Crippen LogP contribution >= 0.6 is 0 Å². The van der Waals surface area contributed by atoms with Gasteiger partial charge in [-0.05, 0) is 35.4 Å². The van der Waals surface area contributed by atoms with E-state index in [-0.39, 0.29) is 17.0 Å². The van der Waals surface area contributed by atoms with Crippen LogP contribution in [0.5, 0.6) is 0 Å². The van der Waals surface area contributed by atoms with Gasteiger partial charge in [-0.15, -0.1) is 0 Å². The average molecular weight is 467 g/mol. The second-order valence-electron chi connectivity index (χ2n) is 6.97. The Morgan fingerprint density at radius 2 is 1.58 bits per heavy atom. The maximum absolute atomic E-state index is 12.5. The number of hydrogen-bond acceptors (Lipinski definition) is 4. The number of alkyl halides is 6. The number of nitriles is 1. The summed E-state index contributed by atoms with van der Waals surface area (Å²) < 4.78 is 74.8. The zero-order valence-corrected chi connectivity index (χ0v) is 17.5. The normalized spacial score (nSPS) is 11.9. The Bertz CT molecular complexity index is 1150. The third-order valence-electron chi connectivity index (χ3n) is 4.18. The van der Waals surface area contributed by atoms with Gasteiger partial charge in [0.25, 0.3) is 0 Å². The molecule has 11 heteroatoms. The fraction of sp³-hybridized carbons (Fsp3) is 0.182. The molecule has 3 rings (SSSR count). The van der Waals surface area contributed by atoms with Crippen molar-refractivity contribution in [2.45, 2.75) is 12.4 Å². The van der Waals surface area contributed by atoms with E-state index >= 15 is 0 Å². The molecule has 1 aromatic heterocycles. The van der Waals surface area contributed by atoms with Gasteiger partial charge in [0.2, 0.25) is 0 Å². The molecule has 33 heavy (non-hydrogen) atoms. The van der Waals surface area contributed by atoms with Gasteiger partial charge in [-0.2, -0.15) is 36.7 Å². The van der Waals surface area contributed by atoms with E-state index in [0.29, 0.717) is 11.1 Å². The van der Waals surface area contributed by atoms with Crippen LogP contribution in [0.3, 0.4) is 0 Å². The van der Waals surface area contributed by atoms with Gasteiger partial charge in [-0.1, -0.05) is 24.3 Å². The number of rotatable bonds is 3. The van der Waals surface area contributed by atoms with Crippen molar-refractivity contribution in [3.8, 4) is 17.2 Å². The van der Waals surface area contributed by atoms with E-state index in [2.05, 4.69) is 10.2 Å². The smallest absolute Gasteiger partial charge is 0.384 e. The summed E-state index contributed by atoms with van der Waals surface area (Å²) in [7, 11) is 3.40. The monoisotopic (exact) mass is 467 g/mol. The number of allylic oxidation sites excluding steroid dienone is 1. The molecule has 2 aromatic carbocycles. The van der Waals surface area contributed by atoms with E-state index in [0.717, 1.165) is 24.3 Å². The quantitative estimate of drug-likeness (QED) is 0.376. The van der Waals surface area contributed by atoms with Crippen LogP contribution in [0.25, 0.3) is 16.7 Å². The van der Waals surface area contributed by atoms with Gasteiger partial charge >= 0.3 is 12.4 Å². The van der Waals surface area contributed by atoms with Crippen molar-refractivity contribution in [2.75, 3.05) is 19.8 Å². The third kappa shape index (κ3) is 7.03. The van der Waals surface area contributed by atoms with Crippen LogP contribution in [0.4, 0.5) is 32.2 Å². The molecule has 0 fully saturated rings. The molecule has 0 unspecified atom stereocenters. The Hall–Kier alpha value is -3.94. The highest BCUT2D eigenvalue weighted by Crippen LogP contribution is 2.33. The molecule has 5 nitrogen and oxygen atoms in total. The predicted octanol–water partition coefficient (Wildman–Crippen LogP) is 5.81. The molecule has 0 aliphatic heterocycles. The Morgan fingerprint density at radius 3 is 2.06 bits per heavy atom. The predicted molar refractivity (Wildman–Crippen MR) is 112 cm³/mol. The lowest BCUT2D eigenvalue weighted by molar-refractivity contribution is -0.138. The molecule has 0 atom stereocenters. The lowest BCUT2D eigenvalue weighted by atomic mass is 10.0. The summed E-state index contributed by atoms with van der Waals surface area (Å²) in [5, 5.41) is 15.0. The van der Waals surface area contributed by atoms with Crippen molar-refractivity contribution in [3.63, 3.8) is 0 Å². The van der Waals surface area contributed by atoms with E-state index in [1.54, 1.807) is 25.1 Å². The van der Waals surface area contributed by atoms with Crippen LogP contribution in [0, 0.1) is 11.3 Å². The first kappa shape index (κ1) is 25.3. The van der Waals surface area contributed by atoms with Crippen LogP contribution in [0.1, 0.15) is 16.7 Å². The summed E-state index contributed by atoms with van der Waals surface area (Å²) in [5.74, 6) is 0.249. The molecule has 0 aliphatic carbocycles. The van der Waals surface area contributed by atoms with Crippen molar-refractivity contribution in [1.82, 2.24) is 15.1 Å². The van der Waals surface area contributed by atoms with Crippen LogP contribution in [-0.2, 0) is 12.4 Å². The number of anilines is 1. The zero-order chi connectivity index (χ0) is 24.8. The number of nitrogens with zero attached hydrogens (tertiary/aromatic N) is 3. The lowest BCUT2D eigenvalue weighted by Crippen LogP contribution is -2.06. The molecular weight excluding hydrogens is 448 g/mol. The van der Waals surface area contributed by atoms with E-state index in [4.69, 9.17) is 11.0 Å². The van der Waals surface area contributed by atoms with Crippen molar-refractivity contribution in [2.24, 2.45) is 0 Å². The fourth-order valence-electron chi connectivity index (χ4n) is 2.68. The summed E-state index contributed by atoms with van der Waals surface area (Å²) in [5.41, 5.74) is 5.38. The minimum Gasteiger partial charge on any atom is -0.384 e. The second kappa shape index (κ2) is 10.1. The van der Waals surface area contributed by atoms with Crippen molar-refractivity contribution in [1.29, 1.82) is 5.26 Å². The van der Waals surface area contributed by atoms with Crippen LogP contribution in [0.2, 0.25) is 0 Å². The van der Waals surface area contributed by atoms with E-state index in [1.807, 2.05) is 6.07 Å². The summed E-state index contributed by atoms with van der Waals surface area (Å²) >= 11 is 0. The Morgan fingerprint density at radius 1 is 1.00 bits per heavy atom. The Kier molecular flexibility index (Phi) is 7.76. The van der Waals surface area contributed by atoms with Gasteiger partial charge in [0.15, 0.2) is 0 Å². The molecule has 3 N–H and O–H groups in total. The lowest BCUT2D eigenvalue weighted by Gasteiger charge is -2.10. The molecule has 0 aliphatic rings. The topological polar surface area (TPSA) is 81.7 Å². The van der Waals surface area contributed by atoms with Gasteiger partial charge in [0.05, 0.1) is 22.9 Å². The number of nitrogen functional groups attached to an aromatic ring is 1. The number of nitrogens with two attached hydrogens (primary N) is 1. The number of nitrogens with one attached hydrogen (secondary N) is 1. The first-order valence-electron chi connectivity index (χ1n) is 9.25. The molecular formula is C22H19F6N5. The standard InChI is InChI=1S/C12H11F3N2.C10H8F3N3/c1-17(2)8-10(7-16)9-4-3-5-11(6-9)12(13,14)15;11-10(12,13)7-3-1-2-6(4-7)8-5-15-16-9(8)14/h3-6,8H,1-2H3;1-5H,(H3,14,15,16)/b10-8+;. The largest absolute Gasteiger partial charge is 0.416 e.